The van der Waals surface area contributed by atoms with Crippen molar-refractivity contribution in [3.05, 3.63) is 23.8 Å². The van der Waals surface area contributed by atoms with Crippen LogP contribution in [0.4, 0.5) is 11.4 Å². The number of nitrogens with zero attached hydrogens (tertiary/aromatic N) is 1. The van der Waals surface area contributed by atoms with Gasteiger partial charge in [0.15, 0.2) is 0 Å². The number of hydrogen-bond donors (Lipinski definition) is 2. The highest BCUT2D eigenvalue weighted by atomic mass is 16.3. The number of aliphatic hydroxyl groups is 1. The van der Waals surface area contributed by atoms with Gasteiger partial charge in [-0.2, -0.15) is 0 Å². The first kappa shape index (κ1) is 9.34. The van der Waals surface area contributed by atoms with E-state index in [1.54, 1.807) is 0 Å². The Kier molecular flexibility index (Phi) is 2.33. The second-order valence-electron chi connectivity index (χ2n) is 3.90. The first-order valence-electron chi connectivity index (χ1n) is 4.93. The minimum absolute atomic E-state index is 0.101. The number of likely N-dealkylation sites (N-methyl/N-ethyl adjacent to an activating group) is 1. The van der Waals surface area contributed by atoms with Crippen LogP contribution in [0.5, 0.6) is 0 Å². The molecule has 0 aromatic heterocycles. The summed E-state index contributed by atoms with van der Waals surface area (Å²) in [5.41, 5.74) is 3.25. The molecule has 3 heteroatoms. The molecule has 1 aliphatic heterocycles. The van der Waals surface area contributed by atoms with Gasteiger partial charge < -0.3 is 15.3 Å². The highest BCUT2D eigenvalue weighted by molar-refractivity contribution is 5.75. The smallest absolute Gasteiger partial charge is 0.0702 e. The number of para-hydroxylation sites is 1. The molecule has 0 saturated carbocycles. The van der Waals surface area contributed by atoms with Crippen molar-refractivity contribution in [1.82, 2.24) is 0 Å². The fourth-order valence-corrected chi connectivity index (χ4v) is 2.10. The Morgan fingerprint density at radius 3 is 3.07 bits per heavy atom. The normalized spacial score (nSPS) is 20.2. The first-order valence-corrected chi connectivity index (χ1v) is 4.93. The molecule has 0 bridgehead atoms. The van der Waals surface area contributed by atoms with Crippen molar-refractivity contribution in [2.45, 2.75) is 19.6 Å². The quantitative estimate of drug-likeness (QED) is 0.706. The van der Waals surface area contributed by atoms with E-state index in [2.05, 4.69) is 30.3 Å². The average molecular weight is 192 g/mol. The summed E-state index contributed by atoms with van der Waals surface area (Å²) in [4.78, 5) is 2.20. The predicted octanol–water partition coefficient (Wildman–Crippen LogP) is 1.43. The monoisotopic (exact) mass is 192 g/mol. The van der Waals surface area contributed by atoms with E-state index in [4.69, 9.17) is 0 Å². The van der Waals surface area contributed by atoms with Gasteiger partial charge in [-0.25, -0.2) is 0 Å². The number of benzene rings is 1. The second-order valence-corrected chi connectivity index (χ2v) is 3.90. The predicted molar refractivity (Wildman–Crippen MR) is 58.7 cm³/mol. The van der Waals surface area contributed by atoms with Crippen LogP contribution in [0.15, 0.2) is 18.2 Å². The largest absolute Gasteiger partial charge is 0.392 e. The van der Waals surface area contributed by atoms with E-state index in [1.165, 1.54) is 0 Å². The zero-order valence-electron chi connectivity index (χ0n) is 8.62. The third-order valence-corrected chi connectivity index (χ3v) is 2.62. The fourth-order valence-electron chi connectivity index (χ4n) is 2.10. The molecule has 76 valence electrons. The minimum Gasteiger partial charge on any atom is -0.392 e. The first-order chi connectivity index (χ1) is 6.72. The van der Waals surface area contributed by atoms with E-state index >= 15 is 0 Å². The molecule has 1 atom stereocenters. The summed E-state index contributed by atoms with van der Waals surface area (Å²) in [5, 5.41) is 12.6. The summed E-state index contributed by atoms with van der Waals surface area (Å²) in [6, 6.07) is 6.46. The lowest BCUT2D eigenvalue weighted by atomic mass is 10.1. The highest BCUT2D eigenvalue weighted by Gasteiger charge is 2.20. The van der Waals surface area contributed by atoms with Crippen molar-refractivity contribution < 1.29 is 5.11 Å². The van der Waals surface area contributed by atoms with Gasteiger partial charge in [-0.15, -0.1) is 0 Å². The number of nitrogens with one attached hydrogen (secondary N) is 1. The van der Waals surface area contributed by atoms with Gasteiger partial charge in [0.25, 0.3) is 0 Å². The number of fused-ring (bicyclic) bond motifs is 1. The number of hydrogen-bond acceptors (Lipinski definition) is 3. The van der Waals surface area contributed by atoms with Crippen LogP contribution in [0.1, 0.15) is 12.5 Å². The van der Waals surface area contributed by atoms with Crippen LogP contribution in [-0.2, 0) is 6.61 Å². The Morgan fingerprint density at radius 1 is 1.57 bits per heavy atom. The molecule has 0 fully saturated rings. The van der Waals surface area contributed by atoms with E-state index in [-0.39, 0.29) is 6.61 Å². The zero-order valence-corrected chi connectivity index (χ0v) is 8.62. The number of aliphatic hydroxyl groups excluding tert-OH is 1. The van der Waals surface area contributed by atoms with Gasteiger partial charge in [0.1, 0.15) is 0 Å². The third kappa shape index (κ3) is 1.44. The molecule has 1 aromatic carbocycles. The Morgan fingerprint density at radius 2 is 2.36 bits per heavy atom. The van der Waals surface area contributed by atoms with Crippen molar-refractivity contribution in [1.29, 1.82) is 0 Å². The maximum absolute atomic E-state index is 9.22. The summed E-state index contributed by atoms with van der Waals surface area (Å²) in [5.74, 6) is 0. The van der Waals surface area contributed by atoms with Crippen molar-refractivity contribution in [2.24, 2.45) is 0 Å². The molecule has 0 aliphatic carbocycles. The van der Waals surface area contributed by atoms with Gasteiger partial charge in [-0.3, -0.25) is 0 Å². The SMILES string of the molecule is CC1CN(C)c2c(CO)cccc2N1. The second kappa shape index (κ2) is 3.50. The molecule has 0 amide bonds. The molecule has 0 saturated heterocycles. The molecule has 14 heavy (non-hydrogen) atoms. The van der Waals surface area contributed by atoms with E-state index in [1.807, 2.05) is 12.1 Å². The van der Waals surface area contributed by atoms with Crippen LogP contribution >= 0.6 is 0 Å². The van der Waals surface area contributed by atoms with Crippen LogP contribution in [0.3, 0.4) is 0 Å². The van der Waals surface area contributed by atoms with Gasteiger partial charge in [0.05, 0.1) is 18.0 Å². The van der Waals surface area contributed by atoms with Gasteiger partial charge in [-0.05, 0) is 13.0 Å². The molecule has 0 radical (unpaired) electrons. The summed E-state index contributed by atoms with van der Waals surface area (Å²) in [7, 11) is 2.06. The van der Waals surface area contributed by atoms with E-state index in [0.717, 1.165) is 23.5 Å². The van der Waals surface area contributed by atoms with Crippen molar-refractivity contribution in [2.75, 3.05) is 23.8 Å². The topological polar surface area (TPSA) is 35.5 Å². The van der Waals surface area contributed by atoms with Crippen LogP contribution in [0, 0.1) is 0 Å². The Hall–Kier alpha value is -1.22. The van der Waals surface area contributed by atoms with Crippen LogP contribution in [0.2, 0.25) is 0 Å². The van der Waals surface area contributed by atoms with Gasteiger partial charge in [0, 0.05) is 25.2 Å². The maximum atomic E-state index is 9.22. The lowest BCUT2D eigenvalue weighted by Crippen LogP contribution is -2.37. The molecule has 3 nitrogen and oxygen atoms in total. The molecule has 2 N–H and O–H groups in total. The minimum atomic E-state index is 0.101. The summed E-state index contributed by atoms with van der Waals surface area (Å²) >= 11 is 0. The number of rotatable bonds is 1. The van der Waals surface area contributed by atoms with Crippen LogP contribution in [-0.4, -0.2) is 24.7 Å². The maximum Gasteiger partial charge on any atom is 0.0702 e. The van der Waals surface area contributed by atoms with E-state index < -0.39 is 0 Å². The molecule has 1 aromatic rings. The van der Waals surface area contributed by atoms with Gasteiger partial charge >= 0.3 is 0 Å². The molecule has 1 heterocycles. The zero-order chi connectivity index (χ0) is 10.1. The molecule has 2 rings (SSSR count). The van der Waals surface area contributed by atoms with Gasteiger partial charge in [0.2, 0.25) is 0 Å². The Labute approximate surface area is 84.4 Å². The van der Waals surface area contributed by atoms with Crippen molar-refractivity contribution in [3.8, 4) is 0 Å². The Balaban J connectivity index is 2.47. The summed E-state index contributed by atoms with van der Waals surface area (Å²) < 4.78 is 0. The van der Waals surface area contributed by atoms with Crippen LogP contribution in [0.25, 0.3) is 0 Å². The van der Waals surface area contributed by atoms with Crippen molar-refractivity contribution in [3.63, 3.8) is 0 Å². The fraction of sp³-hybridized carbons (Fsp3) is 0.455. The lowest BCUT2D eigenvalue weighted by molar-refractivity contribution is 0.282. The summed E-state index contributed by atoms with van der Waals surface area (Å²) in [6.45, 7) is 3.23. The summed E-state index contributed by atoms with van der Waals surface area (Å²) in [6.07, 6.45) is 0. The van der Waals surface area contributed by atoms with E-state index in [9.17, 15) is 5.11 Å². The Bertz CT molecular complexity index is 338. The third-order valence-electron chi connectivity index (χ3n) is 2.62. The number of anilines is 2. The van der Waals surface area contributed by atoms with Crippen LogP contribution < -0.4 is 10.2 Å². The van der Waals surface area contributed by atoms with E-state index in [0.29, 0.717) is 6.04 Å². The molecule has 1 aliphatic rings. The standard InChI is InChI=1S/C11H16N2O/c1-8-6-13(2)11-9(7-14)4-3-5-10(11)12-8/h3-5,8,12,14H,6-7H2,1-2H3. The molecule has 0 spiro atoms. The highest BCUT2D eigenvalue weighted by Crippen LogP contribution is 2.33. The lowest BCUT2D eigenvalue weighted by Gasteiger charge is -2.34. The van der Waals surface area contributed by atoms with Crippen molar-refractivity contribution >= 4 is 11.4 Å². The molecular formula is C11H16N2O. The average Bonchev–Trinajstić information content (AvgIpc) is 2.16. The molecular weight excluding hydrogens is 176 g/mol. The van der Waals surface area contributed by atoms with Gasteiger partial charge in [-0.1, -0.05) is 12.1 Å². The molecule has 1 unspecified atom stereocenters.